The number of hydrogen-bond donors (Lipinski definition) is 2. The van der Waals surface area contributed by atoms with E-state index in [2.05, 4.69) is 0 Å². The molecule has 5 rings (SSSR count). The number of rotatable bonds is 4. The largest absolute Gasteiger partial charge is 0.446 e. The molecule has 0 aromatic heterocycles. The number of allylic oxidation sites excluding steroid dienone is 4. The highest BCUT2D eigenvalue weighted by molar-refractivity contribution is 6.26. The van der Waals surface area contributed by atoms with Gasteiger partial charge in [-0.05, 0) is 61.0 Å². The van der Waals surface area contributed by atoms with E-state index in [1.807, 2.05) is 0 Å². The van der Waals surface area contributed by atoms with Crippen LogP contribution in [0.2, 0.25) is 0 Å². The van der Waals surface area contributed by atoms with Gasteiger partial charge in [0.05, 0.1) is 16.5 Å². The molecule has 0 saturated heterocycles. The van der Waals surface area contributed by atoms with Gasteiger partial charge in [-0.15, -0.1) is 11.6 Å². The van der Waals surface area contributed by atoms with Crippen molar-refractivity contribution in [3.8, 4) is 0 Å². The molecule has 2 N–H and O–H groups in total. The highest BCUT2D eigenvalue weighted by Crippen LogP contribution is 2.72. The Labute approximate surface area is 220 Å². The summed E-state index contributed by atoms with van der Waals surface area (Å²) in [6.45, 7) is 4.48. The van der Waals surface area contributed by atoms with Crippen LogP contribution in [0, 0.1) is 28.6 Å². The number of carbonyl (C=O) groups is 3. The number of carbonyl (C=O) groups excluding carboxylic acids is 3. The number of aliphatic hydroxyl groups is 2. The molecule has 0 radical (unpaired) electrons. The number of esters is 1. The summed E-state index contributed by atoms with van der Waals surface area (Å²) in [5, 5.41) is 21.8. The second-order valence-electron chi connectivity index (χ2n) is 11.6. The molecule has 37 heavy (non-hydrogen) atoms. The van der Waals surface area contributed by atoms with Gasteiger partial charge < -0.3 is 14.9 Å². The topological polar surface area (TPSA) is 101 Å². The SMILES string of the molecule is CC1C[C@H]2[C@@H]3CC(F)C4=CC(=O)C=C[C@]4(C)[C@@]3(Cl)[C@@H](O)C[C@]2(C)[C@]1(OC(=O)c1ccccc1)C(=O)CO. The summed E-state index contributed by atoms with van der Waals surface area (Å²) in [5.41, 5.74) is -3.46. The average Bonchev–Trinajstić information content (AvgIpc) is 3.09. The van der Waals surface area contributed by atoms with Gasteiger partial charge in [-0.25, -0.2) is 9.18 Å². The van der Waals surface area contributed by atoms with Crippen molar-refractivity contribution in [3.05, 3.63) is 59.7 Å². The molecule has 8 heteroatoms. The molecule has 6 nitrogen and oxygen atoms in total. The maximum absolute atomic E-state index is 15.7. The lowest BCUT2D eigenvalue weighted by Gasteiger charge is -2.64. The van der Waals surface area contributed by atoms with E-state index < -0.39 is 69.7 Å². The molecule has 0 amide bonds. The van der Waals surface area contributed by atoms with Gasteiger partial charge in [-0.1, -0.05) is 45.0 Å². The number of ketones is 2. The number of aliphatic hydroxyl groups excluding tert-OH is 2. The second kappa shape index (κ2) is 8.58. The molecule has 198 valence electrons. The Kier molecular flexibility index (Phi) is 6.09. The first-order valence-corrected chi connectivity index (χ1v) is 13.1. The molecule has 0 aliphatic heterocycles. The van der Waals surface area contributed by atoms with Crippen LogP contribution in [0.25, 0.3) is 0 Å². The number of alkyl halides is 2. The number of halogens is 2. The summed E-state index contributed by atoms with van der Waals surface area (Å²) in [5.74, 6) is -3.18. The standard InChI is InChI=1S/C29H32ClFO6/c1-16-11-19-20-13-22(31)21-12-18(33)9-10-26(21,2)28(20,30)23(34)14-27(19,3)29(16,24(35)15-32)37-25(36)17-7-5-4-6-8-17/h4-10,12,16,19-20,22-23,32,34H,11,13-15H2,1-3H3/t16?,19-,20-,22?,23-,26-,27-,28-,29+/m0/s1. The van der Waals surface area contributed by atoms with Crippen molar-refractivity contribution in [1.82, 2.24) is 0 Å². The van der Waals surface area contributed by atoms with E-state index in [1.165, 1.54) is 12.2 Å². The molecular weight excluding hydrogens is 499 g/mol. The van der Waals surface area contributed by atoms with E-state index in [1.54, 1.807) is 57.2 Å². The molecule has 1 aromatic carbocycles. The summed E-state index contributed by atoms with van der Waals surface area (Å²) < 4.78 is 21.8. The van der Waals surface area contributed by atoms with Crippen LogP contribution < -0.4 is 0 Å². The Hall–Kier alpha value is -2.35. The van der Waals surface area contributed by atoms with Crippen LogP contribution >= 0.6 is 11.6 Å². The zero-order valence-electron chi connectivity index (χ0n) is 21.1. The van der Waals surface area contributed by atoms with Crippen LogP contribution in [0.15, 0.2) is 54.1 Å². The van der Waals surface area contributed by atoms with Crippen molar-refractivity contribution in [1.29, 1.82) is 0 Å². The summed E-state index contributed by atoms with van der Waals surface area (Å²) in [4.78, 5) is 37.6. The minimum Gasteiger partial charge on any atom is -0.446 e. The maximum atomic E-state index is 15.7. The summed E-state index contributed by atoms with van der Waals surface area (Å²) in [6, 6.07) is 8.29. The van der Waals surface area contributed by atoms with Crippen molar-refractivity contribution < 1.29 is 33.7 Å². The first-order valence-electron chi connectivity index (χ1n) is 12.8. The van der Waals surface area contributed by atoms with Gasteiger partial charge in [0.25, 0.3) is 0 Å². The van der Waals surface area contributed by atoms with Crippen molar-refractivity contribution in [3.63, 3.8) is 0 Å². The predicted octanol–water partition coefficient (Wildman–Crippen LogP) is 3.98. The lowest BCUT2D eigenvalue weighted by molar-refractivity contribution is -0.182. The molecule has 2 unspecified atom stereocenters. The smallest absolute Gasteiger partial charge is 0.339 e. The Balaban J connectivity index is 1.63. The van der Waals surface area contributed by atoms with E-state index in [0.717, 1.165) is 0 Å². The van der Waals surface area contributed by atoms with Gasteiger partial charge in [0.1, 0.15) is 12.8 Å². The van der Waals surface area contributed by atoms with E-state index >= 15 is 4.39 Å². The van der Waals surface area contributed by atoms with Crippen LogP contribution in [-0.4, -0.2) is 57.1 Å². The Bertz CT molecular complexity index is 1210. The highest BCUT2D eigenvalue weighted by atomic mass is 35.5. The molecule has 9 atom stereocenters. The van der Waals surface area contributed by atoms with Crippen molar-refractivity contribution in [2.75, 3.05) is 6.61 Å². The van der Waals surface area contributed by atoms with Crippen molar-refractivity contribution >= 4 is 29.1 Å². The lowest BCUT2D eigenvalue weighted by atomic mass is 9.45. The van der Waals surface area contributed by atoms with Gasteiger partial charge in [0.15, 0.2) is 11.4 Å². The zero-order valence-corrected chi connectivity index (χ0v) is 21.9. The molecule has 1 aromatic rings. The van der Waals surface area contributed by atoms with Crippen LogP contribution in [0.1, 0.15) is 50.4 Å². The van der Waals surface area contributed by atoms with Gasteiger partial charge >= 0.3 is 5.97 Å². The van der Waals surface area contributed by atoms with Gasteiger partial charge in [-0.2, -0.15) is 0 Å². The number of benzene rings is 1. The first-order chi connectivity index (χ1) is 17.4. The van der Waals surface area contributed by atoms with E-state index in [0.29, 0.717) is 6.42 Å². The predicted molar refractivity (Wildman–Crippen MR) is 135 cm³/mol. The number of Topliss-reactive ketones (excluding diaryl/α,β-unsaturated/α-hetero) is 1. The van der Waals surface area contributed by atoms with E-state index in [-0.39, 0.29) is 29.8 Å². The Morgan fingerprint density at radius 1 is 1.16 bits per heavy atom. The number of hydrogen-bond acceptors (Lipinski definition) is 6. The van der Waals surface area contributed by atoms with Crippen molar-refractivity contribution in [2.45, 2.75) is 62.8 Å². The maximum Gasteiger partial charge on any atom is 0.339 e. The Morgan fingerprint density at radius 2 is 1.84 bits per heavy atom. The third-order valence-corrected chi connectivity index (χ3v) is 10.9. The fourth-order valence-corrected chi connectivity index (χ4v) is 8.78. The summed E-state index contributed by atoms with van der Waals surface area (Å²) in [7, 11) is 0. The molecule has 0 heterocycles. The molecule has 0 bridgehead atoms. The van der Waals surface area contributed by atoms with Gasteiger partial charge in [-0.3, -0.25) is 9.59 Å². The summed E-state index contributed by atoms with van der Waals surface area (Å²) >= 11 is 7.38. The molecule has 4 aliphatic carbocycles. The molecule has 4 aliphatic rings. The van der Waals surface area contributed by atoms with Crippen LogP contribution in [0.5, 0.6) is 0 Å². The van der Waals surface area contributed by atoms with Crippen LogP contribution in [0.3, 0.4) is 0 Å². The molecule has 3 fully saturated rings. The lowest BCUT2D eigenvalue weighted by Crippen LogP contribution is -2.70. The van der Waals surface area contributed by atoms with Crippen LogP contribution in [0.4, 0.5) is 4.39 Å². The second-order valence-corrected chi connectivity index (χ2v) is 12.2. The molecule has 3 saturated carbocycles. The third-order valence-electron chi connectivity index (χ3n) is 9.99. The van der Waals surface area contributed by atoms with Gasteiger partial charge in [0, 0.05) is 16.7 Å². The summed E-state index contributed by atoms with van der Waals surface area (Å²) in [6.07, 6.45) is 1.92. The first kappa shape index (κ1) is 26.3. The average molecular weight is 531 g/mol. The number of fused-ring (bicyclic) bond motifs is 5. The van der Waals surface area contributed by atoms with E-state index in [4.69, 9.17) is 16.3 Å². The number of ether oxygens (including phenoxy) is 1. The quantitative estimate of drug-likeness (QED) is 0.451. The van der Waals surface area contributed by atoms with Crippen LogP contribution in [-0.2, 0) is 14.3 Å². The van der Waals surface area contributed by atoms with E-state index in [9.17, 15) is 24.6 Å². The Morgan fingerprint density at radius 3 is 2.49 bits per heavy atom. The fourth-order valence-electron chi connectivity index (χ4n) is 8.29. The monoisotopic (exact) mass is 530 g/mol. The minimum absolute atomic E-state index is 0.00255. The minimum atomic E-state index is -1.74. The van der Waals surface area contributed by atoms with Gasteiger partial charge in [0.2, 0.25) is 5.78 Å². The molecular formula is C29H32ClFO6. The third kappa shape index (κ3) is 3.26. The normalized spacial score (nSPS) is 44.4. The molecule has 0 spiro atoms. The highest BCUT2D eigenvalue weighted by Gasteiger charge is 2.77. The fraction of sp³-hybridized carbons (Fsp3) is 0.552. The zero-order chi connectivity index (χ0) is 27.0. The van der Waals surface area contributed by atoms with Crippen molar-refractivity contribution in [2.24, 2.45) is 28.6 Å².